The summed E-state index contributed by atoms with van der Waals surface area (Å²) in [6, 6.07) is 11.6. The third kappa shape index (κ3) is 4.23. The molecule has 0 unspecified atom stereocenters. The number of halogens is 1. The largest absolute Gasteiger partial charge is 0.495 e. The molecule has 2 aromatic carbocycles. The number of rotatable bonds is 5. The molecule has 7 heteroatoms. The molecule has 0 aliphatic heterocycles. The molecule has 26 heavy (non-hydrogen) atoms. The van der Waals surface area contributed by atoms with Gasteiger partial charge in [-0.2, -0.15) is 0 Å². The fraction of sp³-hybridized carbons (Fsp3) is 0.158. The summed E-state index contributed by atoms with van der Waals surface area (Å²) < 4.78 is 6.33. The van der Waals surface area contributed by atoms with Crippen LogP contribution in [-0.2, 0) is 0 Å². The molecule has 0 atom stereocenters. The third-order valence-corrected chi connectivity index (χ3v) is 5.02. The van der Waals surface area contributed by atoms with E-state index < -0.39 is 0 Å². The van der Waals surface area contributed by atoms with Gasteiger partial charge in [0.05, 0.1) is 12.8 Å². The number of methoxy groups -OCH3 is 1. The Morgan fingerprint density at radius 3 is 2.69 bits per heavy atom. The number of aryl methyl sites for hydroxylation is 2. The van der Waals surface area contributed by atoms with Crippen LogP contribution in [-0.4, -0.2) is 18.0 Å². The number of aromatic nitrogens is 1. The highest BCUT2D eigenvalue weighted by molar-refractivity contribution is 9.10. The number of carbonyl (C=O) groups excluding carboxylic acids is 1. The average molecular weight is 432 g/mol. The van der Waals surface area contributed by atoms with E-state index in [-0.39, 0.29) is 5.91 Å². The maximum Gasteiger partial charge on any atom is 0.275 e. The lowest BCUT2D eigenvalue weighted by Crippen LogP contribution is -2.13. The normalized spacial score (nSPS) is 10.5. The summed E-state index contributed by atoms with van der Waals surface area (Å²) >= 11 is 4.79. The Hall–Kier alpha value is -2.38. The summed E-state index contributed by atoms with van der Waals surface area (Å²) in [5.41, 5.74) is 4.03. The Bertz CT molecular complexity index is 956. The van der Waals surface area contributed by atoms with E-state index in [1.54, 1.807) is 12.5 Å². The van der Waals surface area contributed by atoms with E-state index in [1.165, 1.54) is 11.3 Å². The van der Waals surface area contributed by atoms with Crippen LogP contribution < -0.4 is 15.4 Å². The van der Waals surface area contributed by atoms with Crippen LogP contribution in [0.15, 0.2) is 46.3 Å². The average Bonchev–Trinajstić information content (AvgIpc) is 3.06. The second kappa shape index (κ2) is 7.88. The highest BCUT2D eigenvalue weighted by Crippen LogP contribution is 2.30. The lowest BCUT2D eigenvalue weighted by atomic mass is 10.2. The third-order valence-electron chi connectivity index (χ3n) is 3.77. The van der Waals surface area contributed by atoms with Crippen molar-refractivity contribution in [3.05, 3.63) is 63.1 Å². The van der Waals surface area contributed by atoms with Gasteiger partial charge in [0.1, 0.15) is 11.4 Å². The van der Waals surface area contributed by atoms with Gasteiger partial charge in [0.15, 0.2) is 5.13 Å². The van der Waals surface area contributed by atoms with Crippen molar-refractivity contribution in [2.45, 2.75) is 13.8 Å². The quantitative estimate of drug-likeness (QED) is 0.557. The van der Waals surface area contributed by atoms with Gasteiger partial charge in [0, 0.05) is 15.5 Å². The number of nitrogens with one attached hydrogen (secondary N) is 2. The molecular weight excluding hydrogens is 414 g/mol. The number of carbonyl (C=O) groups is 1. The summed E-state index contributed by atoms with van der Waals surface area (Å²) in [6.45, 7) is 3.95. The number of hydrogen-bond donors (Lipinski definition) is 2. The number of hydrogen-bond acceptors (Lipinski definition) is 5. The molecule has 0 aliphatic rings. The molecule has 0 fully saturated rings. The van der Waals surface area contributed by atoms with Gasteiger partial charge in [-0.15, -0.1) is 11.3 Å². The van der Waals surface area contributed by atoms with Gasteiger partial charge in [-0.25, -0.2) is 4.98 Å². The summed E-state index contributed by atoms with van der Waals surface area (Å²) in [7, 11) is 1.62. The second-order valence-corrected chi connectivity index (χ2v) is 7.55. The van der Waals surface area contributed by atoms with Crippen LogP contribution in [0.4, 0.5) is 16.5 Å². The highest BCUT2D eigenvalue weighted by atomic mass is 79.9. The standard InChI is InChI=1S/C19H18BrN3O2S/c1-11-4-7-17(25-3)15(8-11)22-19-23-16(10-26-19)18(24)21-14-6-5-13(20)9-12(14)2/h4-10H,1-3H3,(H,21,24)(H,22,23). The van der Waals surface area contributed by atoms with Crippen molar-refractivity contribution in [1.82, 2.24) is 4.98 Å². The van der Waals surface area contributed by atoms with Gasteiger partial charge < -0.3 is 15.4 Å². The minimum atomic E-state index is -0.240. The van der Waals surface area contributed by atoms with Crippen LogP contribution in [0.1, 0.15) is 21.6 Å². The highest BCUT2D eigenvalue weighted by Gasteiger charge is 2.13. The van der Waals surface area contributed by atoms with Crippen LogP contribution in [0.2, 0.25) is 0 Å². The Balaban J connectivity index is 1.75. The van der Waals surface area contributed by atoms with Gasteiger partial charge in [-0.05, 0) is 55.3 Å². The predicted molar refractivity (Wildman–Crippen MR) is 110 cm³/mol. The van der Waals surface area contributed by atoms with E-state index in [9.17, 15) is 4.79 Å². The molecule has 5 nitrogen and oxygen atoms in total. The van der Waals surface area contributed by atoms with Crippen LogP contribution >= 0.6 is 27.3 Å². The van der Waals surface area contributed by atoms with Crippen molar-refractivity contribution < 1.29 is 9.53 Å². The zero-order valence-corrected chi connectivity index (χ0v) is 17.0. The zero-order valence-electron chi connectivity index (χ0n) is 14.6. The number of nitrogens with zero attached hydrogens (tertiary/aromatic N) is 1. The van der Waals surface area contributed by atoms with Crippen molar-refractivity contribution in [1.29, 1.82) is 0 Å². The Morgan fingerprint density at radius 1 is 1.15 bits per heavy atom. The monoisotopic (exact) mass is 431 g/mol. The van der Waals surface area contributed by atoms with Crippen LogP contribution in [0.25, 0.3) is 0 Å². The first-order valence-corrected chi connectivity index (χ1v) is 9.58. The maximum absolute atomic E-state index is 12.5. The number of thiazole rings is 1. The smallest absolute Gasteiger partial charge is 0.275 e. The van der Waals surface area contributed by atoms with E-state index in [4.69, 9.17) is 4.74 Å². The lowest BCUT2D eigenvalue weighted by molar-refractivity contribution is 0.102. The Labute approximate surface area is 164 Å². The van der Waals surface area contributed by atoms with Gasteiger partial charge in [-0.3, -0.25) is 4.79 Å². The molecule has 0 spiro atoms. The molecule has 0 bridgehead atoms. The molecule has 2 N–H and O–H groups in total. The summed E-state index contributed by atoms with van der Waals surface area (Å²) in [4.78, 5) is 16.8. The Kier molecular flexibility index (Phi) is 5.58. The molecular formula is C19H18BrN3O2S. The van der Waals surface area contributed by atoms with E-state index in [1.807, 2.05) is 50.2 Å². The summed E-state index contributed by atoms with van der Waals surface area (Å²) in [5.74, 6) is 0.484. The van der Waals surface area contributed by atoms with Crippen LogP contribution in [0.5, 0.6) is 5.75 Å². The number of anilines is 3. The van der Waals surface area contributed by atoms with E-state index in [0.717, 1.165) is 32.7 Å². The number of benzene rings is 2. The molecule has 0 aliphatic carbocycles. The summed E-state index contributed by atoms with van der Waals surface area (Å²) in [5, 5.41) is 8.47. The molecule has 1 amide bonds. The molecule has 0 saturated carbocycles. The number of amides is 1. The fourth-order valence-corrected chi connectivity index (χ4v) is 3.60. The van der Waals surface area contributed by atoms with Gasteiger partial charge >= 0.3 is 0 Å². The maximum atomic E-state index is 12.5. The van der Waals surface area contributed by atoms with Gasteiger partial charge in [-0.1, -0.05) is 22.0 Å². The van der Waals surface area contributed by atoms with E-state index >= 15 is 0 Å². The molecule has 1 aromatic heterocycles. The first-order chi connectivity index (χ1) is 12.5. The van der Waals surface area contributed by atoms with Crippen molar-refractivity contribution in [3.63, 3.8) is 0 Å². The Morgan fingerprint density at radius 2 is 1.96 bits per heavy atom. The lowest BCUT2D eigenvalue weighted by Gasteiger charge is -2.10. The fourth-order valence-electron chi connectivity index (χ4n) is 2.42. The zero-order chi connectivity index (χ0) is 18.7. The SMILES string of the molecule is COc1ccc(C)cc1Nc1nc(C(=O)Nc2ccc(Br)cc2C)cs1. The minimum Gasteiger partial charge on any atom is -0.495 e. The van der Waals surface area contributed by atoms with E-state index in [0.29, 0.717) is 10.8 Å². The van der Waals surface area contributed by atoms with Gasteiger partial charge in [0.25, 0.3) is 5.91 Å². The van der Waals surface area contributed by atoms with Crippen molar-refractivity contribution in [2.75, 3.05) is 17.7 Å². The first kappa shape index (κ1) is 18.4. The number of ether oxygens (including phenoxy) is 1. The predicted octanol–water partition coefficient (Wildman–Crippen LogP) is 5.53. The van der Waals surface area contributed by atoms with E-state index in [2.05, 4.69) is 31.5 Å². The van der Waals surface area contributed by atoms with Crippen molar-refractivity contribution >= 4 is 49.7 Å². The van der Waals surface area contributed by atoms with Crippen molar-refractivity contribution in [2.24, 2.45) is 0 Å². The summed E-state index contributed by atoms with van der Waals surface area (Å²) in [6.07, 6.45) is 0. The van der Waals surface area contributed by atoms with Crippen LogP contribution in [0, 0.1) is 13.8 Å². The molecule has 3 rings (SSSR count). The first-order valence-electron chi connectivity index (χ1n) is 7.91. The minimum absolute atomic E-state index is 0.240. The molecule has 0 saturated heterocycles. The molecule has 1 heterocycles. The topological polar surface area (TPSA) is 63.2 Å². The molecule has 3 aromatic rings. The molecule has 134 valence electrons. The van der Waals surface area contributed by atoms with Crippen LogP contribution in [0.3, 0.4) is 0 Å². The molecule has 0 radical (unpaired) electrons. The van der Waals surface area contributed by atoms with Gasteiger partial charge in [0.2, 0.25) is 0 Å². The second-order valence-electron chi connectivity index (χ2n) is 5.78. The van der Waals surface area contributed by atoms with Crippen molar-refractivity contribution in [3.8, 4) is 5.75 Å².